The fourth-order valence-corrected chi connectivity index (χ4v) is 2.07. The molecule has 1 aliphatic carbocycles. The highest BCUT2D eigenvalue weighted by atomic mass is 16.1. The Morgan fingerprint density at radius 1 is 0.950 bits per heavy atom. The highest BCUT2D eigenvalue weighted by Crippen LogP contribution is 2.20. The van der Waals surface area contributed by atoms with Gasteiger partial charge in [-0.25, -0.2) is 0 Å². The predicted molar refractivity (Wildman–Crippen MR) is 82.1 cm³/mol. The Hall–Kier alpha value is -2.35. The molecule has 20 heavy (non-hydrogen) atoms. The van der Waals surface area contributed by atoms with Crippen LogP contribution in [-0.4, -0.2) is 11.9 Å². The van der Waals surface area contributed by atoms with Crippen LogP contribution in [-0.2, 0) is 4.79 Å². The Morgan fingerprint density at radius 3 is 2.25 bits per heavy atom. The van der Waals surface area contributed by atoms with E-state index in [0.29, 0.717) is 6.04 Å². The van der Waals surface area contributed by atoms with Crippen LogP contribution in [0.1, 0.15) is 18.4 Å². The first kappa shape index (κ1) is 12.7. The number of amides is 1. The molecule has 100 valence electrons. The van der Waals surface area contributed by atoms with Gasteiger partial charge in [0, 0.05) is 12.1 Å². The second-order valence-electron chi connectivity index (χ2n) is 5.10. The van der Waals surface area contributed by atoms with E-state index < -0.39 is 0 Å². The van der Waals surface area contributed by atoms with Gasteiger partial charge < -0.3 is 5.32 Å². The summed E-state index contributed by atoms with van der Waals surface area (Å²) in [5.41, 5.74) is 3.43. The van der Waals surface area contributed by atoms with E-state index in [-0.39, 0.29) is 5.91 Å². The third-order valence-electron chi connectivity index (χ3n) is 3.37. The molecule has 0 atom stereocenters. The van der Waals surface area contributed by atoms with E-state index >= 15 is 0 Å². The van der Waals surface area contributed by atoms with Gasteiger partial charge in [0.25, 0.3) is 0 Å². The van der Waals surface area contributed by atoms with Gasteiger partial charge in [0.2, 0.25) is 5.91 Å². The summed E-state index contributed by atoms with van der Waals surface area (Å²) in [7, 11) is 0. The normalized spacial score (nSPS) is 14.4. The van der Waals surface area contributed by atoms with Crippen LogP contribution in [0.25, 0.3) is 17.2 Å². The van der Waals surface area contributed by atoms with Crippen molar-refractivity contribution in [2.75, 3.05) is 0 Å². The zero-order chi connectivity index (χ0) is 13.8. The topological polar surface area (TPSA) is 29.1 Å². The molecular weight excluding hydrogens is 246 g/mol. The molecule has 0 bridgehead atoms. The first-order valence-electron chi connectivity index (χ1n) is 6.95. The van der Waals surface area contributed by atoms with E-state index in [0.717, 1.165) is 18.4 Å². The average Bonchev–Trinajstić information content (AvgIpc) is 3.31. The lowest BCUT2D eigenvalue weighted by molar-refractivity contribution is -0.116. The molecule has 2 aromatic carbocycles. The molecule has 2 heteroatoms. The third-order valence-corrected chi connectivity index (χ3v) is 3.37. The zero-order valence-corrected chi connectivity index (χ0v) is 11.3. The smallest absolute Gasteiger partial charge is 0.244 e. The van der Waals surface area contributed by atoms with E-state index in [4.69, 9.17) is 0 Å². The molecule has 0 aliphatic heterocycles. The first-order chi connectivity index (χ1) is 9.81. The summed E-state index contributed by atoms with van der Waals surface area (Å²) in [5, 5.41) is 2.94. The first-order valence-corrected chi connectivity index (χ1v) is 6.95. The van der Waals surface area contributed by atoms with Gasteiger partial charge in [0.1, 0.15) is 0 Å². The van der Waals surface area contributed by atoms with E-state index in [9.17, 15) is 4.79 Å². The van der Waals surface area contributed by atoms with Crippen molar-refractivity contribution in [1.82, 2.24) is 5.32 Å². The van der Waals surface area contributed by atoms with Gasteiger partial charge >= 0.3 is 0 Å². The molecule has 0 aromatic heterocycles. The Morgan fingerprint density at radius 2 is 1.60 bits per heavy atom. The molecule has 0 saturated heterocycles. The Bertz CT molecular complexity index is 610. The summed E-state index contributed by atoms with van der Waals surface area (Å²) >= 11 is 0. The van der Waals surface area contributed by atoms with Gasteiger partial charge in [-0.05, 0) is 35.6 Å². The van der Waals surface area contributed by atoms with Gasteiger partial charge in [-0.2, -0.15) is 0 Å². The number of benzene rings is 2. The van der Waals surface area contributed by atoms with Crippen molar-refractivity contribution < 1.29 is 4.79 Å². The third kappa shape index (κ3) is 3.35. The van der Waals surface area contributed by atoms with Crippen molar-refractivity contribution in [3.05, 3.63) is 66.2 Å². The number of nitrogens with one attached hydrogen (secondary N) is 1. The maximum absolute atomic E-state index is 11.6. The second-order valence-corrected chi connectivity index (χ2v) is 5.10. The minimum atomic E-state index is -0.000337. The molecule has 0 radical (unpaired) electrons. The van der Waals surface area contributed by atoms with Crippen LogP contribution in [0.4, 0.5) is 0 Å². The summed E-state index contributed by atoms with van der Waals surface area (Å²) in [6, 6.07) is 18.9. The van der Waals surface area contributed by atoms with E-state index in [1.54, 1.807) is 6.08 Å². The fourth-order valence-electron chi connectivity index (χ4n) is 2.07. The molecular formula is C18H17NO. The zero-order valence-electron chi connectivity index (χ0n) is 11.3. The van der Waals surface area contributed by atoms with Crippen LogP contribution in [0, 0.1) is 0 Å². The van der Waals surface area contributed by atoms with Crippen LogP contribution in [0.2, 0.25) is 0 Å². The Kier molecular flexibility index (Phi) is 3.64. The molecule has 2 nitrogen and oxygen atoms in total. The largest absolute Gasteiger partial charge is 0.350 e. The monoisotopic (exact) mass is 263 g/mol. The van der Waals surface area contributed by atoms with Gasteiger partial charge in [0.05, 0.1) is 0 Å². The molecule has 1 aliphatic rings. The highest BCUT2D eigenvalue weighted by molar-refractivity contribution is 5.92. The van der Waals surface area contributed by atoms with Crippen molar-refractivity contribution in [3.8, 4) is 11.1 Å². The SMILES string of the molecule is O=C(/C=C/c1ccc(-c2ccccc2)cc1)NC1CC1. The number of hydrogen-bond donors (Lipinski definition) is 1. The van der Waals surface area contributed by atoms with E-state index in [2.05, 4.69) is 29.6 Å². The van der Waals surface area contributed by atoms with Gasteiger partial charge in [-0.1, -0.05) is 54.6 Å². The van der Waals surface area contributed by atoms with Crippen molar-refractivity contribution in [2.45, 2.75) is 18.9 Å². The fraction of sp³-hybridized carbons (Fsp3) is 0.167. The Labute approximate surface area is 119 Å². The molecule has 0 heterocycles. The summed E-state index contributed by atoms with van der Waals surface area (Å²) < 4.78 is 0. The molecule has 1 fully saturated rings. The minimum Gasteiger partial charge on any atom is -0.350 e. The number of rotatable bonds is 4. The molecule has 0 spiro atoms. The predicted octanol–water partition coefficient (Wildman–Crippen LogP) is 3.65. The van der Waals surface area contributed by atoms with Crippen molar-refractivity contribution in [2.24, 2.45) is 0 Å². The van der Waals surface area contributed by atoms with Crippen LogP contribution in [0.3, 0.4) is 0 Å². The van der Waals surface area contributed by atoms with Gasteiger partial charge in [-0.15, -0.1) is 0 Å². The lowest BCUT2D eigenvalue weighted by atomic mass is 10.0. The van der Waals surface area contributed by atoms with Crippen molar-refractivity contribution in [1.29, 1.82) is 0 Å². The molecule has 0 unspecified atom stereocenters. The van der Waals surface area contributed by atoms with Gasteiger partial charge in [0.15, 0.2) is 0 Å². The van der Waals surface area contributed by atoms with Crippen molar-refractivity contribution >= 4 is 12.0 Å². The molecule has 2 aromatic rings. The van der Waals surface area contributed by atoms with Crippen LogP contribution in [0.15, 0.2) is 60.7 Å². The summed E-state index contributed by atoms with van der Waals surface area (Å²) in [6.45, 7) is 0. The van der Waals surface area contributed by atoms with Gasteiger partial charge in [-0.3, -0.25) is 4.79 Å². The van der Waals surface area contributed by atoms with E-state index in [1.165, 1.54) is 11.1 Å². The summed E-state index contributed by atoms with van der Waals surface area (Å²) in [5.74, 6) is -0.000337. The summed E-state index contributed by atoms with van der Waals surface area (Å²) in [4.78, 5) is 11.6. The lowest BCUT2D eigenvalue weighted by Gasteiger charge is -2.02. The number of hydrogen-bond acceptors (Lipinski definition) is 1. The quantitative estimate of drug-likeness (QED) is 0.838. The minimum absolute atomic E-state index is 0.000337. The molecule has 3 rings (SSSR count). The highest BCUT2D eigenvalue weighted by Gasteiger charge is 2.21. The maximum atomic E-state index is 11.6. The Balaban J connectivity index is 1.66. The van der Waals surface area contributed by atoms with Crippen LogP contribution < -0.4 is 5.32 Å². The summed E-state index contributed by atoms with van der Waals surface area (Å²) in [6.07, 6.45) is 5.69. The number of carbonyl (C=O) groups excluding carboxylic acids is 1. The average molecular weight is 263 g/mol. The van der Waals surface area contributed by atoms with E-state index in [1.807, 2.05) is 36.4 Å². The molecule has 1 saturated carbocycles. The molecule has 1 amide bonds. The van der Waals surface area contributed by atoms with Crippen molar-refractivity contribution in [3.63, 3.8) is 0 Å². The standard InChI is InChI=1S/C18H17NO/c20-18(19-17-11-12-17)13-8-14-6-9-16(10-7-14)15-4-2-1-3-5-15/h1-10,13,17H,11-12H2,(H,19,20)/b13-8+. The lowest BCUT2D eigenvalue weighted by Crippen LogP contribution is -2.22. The maximum Gasteiger partial charge on any atom is 0.244 e. The molecule has 1 N–H and O–H groups in total. The van der Waals surface area contributed by atoms with Crippen LogP contribution in [0.5, 0.6) is 0 Å². The number of carbonyl (C=O) groups is 1. The second kappa shape index (κ2) is 5.74. The van der Waals surface area contributed by atoms with Crippen LogP contribution >= 0.6 is 0 Å².